The Labute approximate surface area is 115 Å². The molecule has 2 rings (SSSR count). The molecule has 0 fully saturated rings. The van der Waals surface area contributed by atoms with Gasteiger partial charge in [-0.05, 0) is 50.5 Å². The van der Waals surface area contributed by atoms with E-state index in [4.69, 9.17) is 9.47 Å². The minimum atomic E-state index is 0.563. The van der Waals surface area contributed by atoms with E-state index in [9.17, 15) is 0 Å². The van der Waals surface area contributed by atoms with Crippen molar-refractivity contribution in [2.24, 2.45) is 0 Å². The highest BCUT2D eigenvalue weighted by Gasteiger charge is 2.06. The van der Waals surface area contributed by atoms with Crippen LogP contribution in [0.2, 0.25) is 0 Å². The molecule has 0 spiro atoms. The van der Waals surface area contributed by atoms with Gasteiger partial charge >= 0.3 is 0 Å². The van der Waals surface area contributed by atoms with Crippen LogP contribution < -0.4 is 4.74 Å². The predicted molar refractivity (Wildman–Crippen MR) is 78.1 cm³/mol. The van der Waals surface area contributed by atoms with E-state index >= 15 is 0 Å². The number of ether oxygens (including phenoxy) is 2. The Morgan fingerprint density at radius 1 is 1.28 bits per heavy atom. The van der Waals surface area contributed by atoms with E-state index in [1.54, 1.807) is 13.2 Å². The van der Waals surface area contributed by atoms with Crippen LogP contribution in [0, 0.1) is 0 Å². The fourth-order valence-electron chi connectivity index (χ4n) is 1.81. The monoisotopic (exact) mass is 306 g/mol. The molecular weight excluding hydrogens is 292 g/mol. The summed E-state index contributed by atoms with van der Waals surface area (Å²) in [7, 11) is 1.67. The van der Waals surface area contributed by atoms with Gasteiger partial charge in [-0.1, -0.05) is 18.2 Å². The Kier molecular flexibility index (Phi) is 4.39. The fraction of sp³-hybridized carbons (Fsp3) is 0.200. The minimum absolute atomic E-state index is 0.563. The molecule has 2 aromatic carbocycles. The first kappa shape index (κ1) is 13.1. The number of methoxy groups -OCH3 is 1. The summed E-state index contributed by atoms with van der Waals surface area (Å²) in [5.74, 6) is 0.866. The molecule has 0 unspecified atom stereocenters. The zero-order valence-corrected chi connectivity index (χ0v) is 11.9. The Hall–Kier alpha value is -1.32. The molecule has 0 aliphatic heterocycles. The second-order valence-electron chi connectivity index (χ2n) is 3.93. The highest BCUT2D eigenvalue weighted by Crippen LogP contribution is 2.30. The SMILES string of the molecule is C=CCOCc1ccc2cc(OC)ccc2c1Br. The molecule has 0 bridgehead atoms. The lowest BCUT2D eigenvalue weighted by Gasteiger charge is -2.09. The van der Waals surface area contributed by atoms with Crippen molar-refractivity contribution in [2.45, 2.75) is 6.61 Å². The van der Waals surface area contributed by atoms with Gasteiger partial charge in [0, 0.05) is 4.47 Å². The zero-order chi connectivity index (χ0) is 13.0. The molecule has 0 amide bonds. The molecule has 0 heterocycles. The summed E-state index contributed by atoms with van der Waals surface area (Å²) in [5.41, 5.74) is 1.13. The molecule has 18 heavy (non-hydrogen) atoms. The summed E-state index contributed by atoms with van der Waals surface area (Å²) in [4.78, 5) is 0. The summed E-state index contributed by atoms with van der Waals surface area (Å²) in [6.45, 7) is 4.77. The molecule has 0 aliphatic rings. The van der Waals surface area contributed by atoms with Gasteiger partial charge in [0.15, 0.2) is 0 Å². The van der Waals surface area contributed by atoms with Gasteiger partial charge in [0.05, 0.1) is 20.3 Å². The minimum Gasteiger partial charge on any atom is -0.497 e. The molecule has 0 radical (unpaired) electrons. The maximum atomic E-state index is 5.47. The molecule has 2 aromatic rings. The fourth-order valence-corrected chi connectivity index (χ4v) is 2.41. The van der Waals surface area contributed by atoms with Gasteiger partial charge in [0.25, 0.3) is 0 Å². The van der Waals surface area contributed by atoms with E-state index in [-0.39, 0.29) is 0 Å². The van der Waals surface area contributed by atoms with Crippen molar-refractivity contribution in [3.8, 4) is 5.75 Å². The van der Waals surface area contributed by atoms with Crippen molar-refractivity contribution < 1.29 is 9.47 Å². The molecule has 3 heteroatoms. The largest absolute Gasteiger partial charge is 0.497 e. The van der Waals surface area contributed by atoms with Gasteiger partial charge in [-0.2, -0.15) is 0 Å². The Morgan fingerprint density at radius 3 is 2.83 bits per heavy atom. The van der Waals surface area contributed by atoms with Gasteiger partial charge in [0.2, 0.25) is 0 Å². The second-order valence-corrected chi connectivity index (χ2v) is 4.72. The van der Waals surface area contributed by atoms with Gasteiger partial charge in [-0.15, -0.1) is 6.58 Å². The van der Waals surface area contributed by atoms with Crippen molar-refractivity contribution in [3.63, 3.8) is 0 Å². The number of fused-ring (bicyclic) bond motifs is 1. The zero-order valence-electron chi connectivity index (χ0n) is 10.3. The first-order valence-corrected chi connectivity index (χ1v) is 6.49. The van der Waals surface area contributed by atoms with Gasteiger partial charge < -0.3 is 9.47 Å². The van der Waals surface area contributed by atoms with Crippen LogP contribution in [-0.4, -0.2) is 13.7 Å². The van der Waals surface area contributed by atoms with Crippen LogP contribution in [-0.2, 0) is 11.3 Å². The Bertz CT molecular complexity index is 564. The van der Waals surface area contributed by atoms with Crippen molar-refractivity contribution in [1.82, 2.24) is 0 Å². The molecule has 94 valence electrons. The van der Waals surface area contributed by atoms with Gasteiger partial charge in [-0.25, -0.2) is 0 Å². The lowest BCUT2D eigenvalue weighted by molar-refractivity contribution is 0.148. The van der Waals surface area contributed by atoms with E-state index in [0.29, 0.717) is 13.2 Å². The second kappa shape index (κ2) is 6.03. The third-order valence-corrected chi connectivity index (χ3v) is 3.67. The number of rotatable bonds is 5. The van der Waals surface area contributed by atoms with E-state index in [1.807, 2.05) is 12.1 Å². The summed E-state index contributed by atoms with van der Waals surface area (Å²) in [6.07, 6.45) is 1.75. The summed E-state index contributed by atoms with van der Waals surface area (Å²) < 4.78 is 11.8. The maximum absolute atomic E-state index is 5.47. The maximum Gasteiger partial charge on any atom is 0.119 e. The number of hydrogen-bond donors (Lipinski definition) is 0. The average molecular weight is 307 g/mol. The van der Waals surface area contributed by atoms with Crippen LogP contribution in [0.25, 0.3) is 10.8 Å². The molecular formula is C15H15BrO2. The lowest BCUT2D eigenvalue weighted by Crippen LogP contribution is -1.94. The molecule has 0 aliphatic carbocycles. The molecule has 0 saturated carbocycles. The quantitative estimate of drug-likeness (QED) is 0.605. The Morgan fingerprint density at radius 2 is 2.11 bits per heavy atom. The third kappa shape index (κ3) is 2.74. The van der Waals surface area contributed by atoms with E-state index in [0.717, 1.165) is 26.6 Å². The highest BCUT2D eigenvalue weighted by atomic mass is 79.9. The summed E-state index contributed by atoms with van der Waals surface area (Å²) >= 11 is 3.63. The first-order chi connectivity index (χ1) is 8.76. The molecule has 0 saturated heterocycles. The van der Waals surface area contributed by atoms with Crippen LogP contribution >= 0.6 is 15.9 Å². The van der Waals surface area contributed by atoms with Crippen LogP contribution in [0.5, 0.6) is 5.75 Å². The smallest absolute Gasteiger partial charge is 0.119 e. The van der Waals surface area contributed by atoms with Crippen LogP contribution in [0.4, 0.5) is 0 Å². The number of benzene rings is 2. The van der Waals surface area contributed by atoms with Crippen molar-refractivity contribution >= 4 is 26.7 Å². The standard InChI is InChI=1S/C15H15BrO2/c1-3-8-18-10-12-5-4-11-9-13(17-2)6-7-14(11)15(12)16/h3-7,9H,1,8,10H2,2H3. The van der Waals surface area contributed by atoms with E-state index in [1.165, 1.54) is 0 Å². The number of hydrogen-bond acceptors (Lipinski definition) is 2. The summed E-state index contributed by atoms with van der Waals surface area (Å²) in [5, 5.41) is 2.31. The average Bonchev–Trinajstić information content (AvgIpc) is 2.41. The van der Waals surface area contributed by atoms with Gasteiger partial charge in [0.1, 0.15) is 5.75 Å². The van der Waals surface area contributed by atoms with Crippen LogP contribution in [0.3, 0.4) is 0 Å². The normalized spacial score (nSPS) is 10.6. The molecule has 0 aromatic heterocycles. The van der Waals surface area contributed by atoms with Crippen molar-refractivity contribution in [3.05, 3.63) is 53.0 Å². The highest BCUT2D eigenvalue weighted by molar-refractivity contribution is 9.10. The lowest BCUT2D eigenvalue weighted by atomic mass is 10.1. The number of halogens is 1. The third-order valence-electron chi connectivity index (χ3n) is 2.73. The Balaban J connectivity index is 2.35. The first-order valence-electron chi connectivity index (χ1n) is 5.70. The summed E-state index contributed by atoms with van der Waals surface area (Å²) in [6, 6.07) is 10.2. The van der Waals surface area contributed by atoms with E-state index < -0.39 is 0 Å². The van der Waals surface area contributed by atoms with Crippen molar-refractivity contribution in [2.75, 3.05) is 13.7 Å². The van der Waals surface area contributed by atoms with E-state index in [2.05, 4.69) is 40.7 Å². The van der Waals surface area contributed by atoms with Crippen LogP contribution in [0.1, 0.15) is 5.56 Å². The predicted octanol–water partition coefficient (Wildman–Crippen LogP) is 4.31. The molecule has 0 N–H and O–H groups in total. The van der Waals surface area contributed by atoms with Crippen LogP contribution in [0.15, 0.2) is 47.5 Å². The van der Waals surface area contributed by atoms with Crippen molar-refractivity contribution in [1.29, 1.82) is 0 Å². The van der Waals surface area contributed by atoms with Gasteiger partial charge in [-0.3, -0.25) is 0 Å². The molecule has 2 nitrogen and oxygen atoms in total. The topological polar surface area (TPSA) is 18.5 Å². The molecule has 0 atom stereocenters.